The highest BCUT2D eigenvalue weighted by molar-refractivity contribution is 6.07. The van der Waals surface area contributed by atoms with E-state index in [1.807, 2.05) is 19.9 Å². The van der Waals surface area contributed by atoms with Gasteiger partial charge in [0.15, 0.2) is 0 Å². The highest BCUT2D eigenvalue weighted by atomic mass is 16.2. The van der Waals surface area contributed by atoms with Crippen LogP contribution in [-0.2, 0) is 10.2 Å². The van der Waals surface area contributed by atoms with Crippen LogP contribution in [0, 0.1) is 5.92 Å². The van der Waals surface area contributed by atoms with Gasteiger partial charge in [-0.3, -0.25) is 9.59 Å². The summed E-state index contributed by atoms with van der Waals surface area (Å²) >= 11 is 0. The molecule has 0 bridgehead atoms. The highest BCUT2D eigenvalue weighted by Crippen LogP contribution is 2.37. The number of rotatable bonds is 4. The molecule has 2 amide bonds. The van der Waals surface area contributed by atoms with Crippen LogP contribution in [-0.4, -0.2) is 18.4 Å². The van der Waals surface area contributed by atoms with Crippen LogP contribution >= 0.6 is 0 Å². The molecule has 1 aromatic rings. The number of anilines is 1. The molecule has 4 heteroatoms. The molecule has 1 aliphatic rings. The molecule has 1 aliphatic heterocycles. The largest absolute Gasteiger partial charge is 0.352 e. The van der Waals surface area contributed by atoms with E-state index in [1.165, 1.54) is 0 Å². The monoisotopic (exact) mass is 274 g/mol. The fourth-order valence-electron chi connectivity index (χ4n) is 2.29. The van der Waals surface area contributed by atoms with Crippen molar-refractivity contribution >= 4 is 17.5 Å². The fraction of sp³-hybridized carbons (Fsp3) is 0.500. The molecule has 0 unspecified atom stereocenters. The van der Waals surface area contributed by atoms with Crippen molar-refractivity contribution in [3.63, 3.8) is 0 Å². The maximum absolute atomic E-state index is 12.1. The lowest BCUT2D eigenvalue weighted by Gasteiger charge is -2.15. The highest BCUT2D eigenvalue weighted by Gasteiger charge is 2.38. The van der Waals surface area contributed by atoms with Crippen LogP contribution in [0.15, 0.2) is 18.2 Å². The number of fused-ring (bicyclic) bond motifs is 1. The first-order valence-corrected chi connectivity index (χ1v) is 7.06. The number of carbonyl (C=O) groups excluding carboxylic acids is 2. The molecule has 0 radical (unpaired) electrons. The van der Waals surface area contributed by atoms with Crippen LogP contribution < -0.4 is 10.6 Å². The van der Waals surface area contributed by atoms with Crippen molar-refractivity contribution < 1.29 is 9.59 Å². The van der Waals surface area contributed by atoms with Crippen molar-refractivity contribution in [1.82, 2.24) is 5.32 Å². The van der Waals surface area contributed by atoms with Gasteiger partial charge in [-0.1, -0.05) is 13.8 Å². The first-order chi connectivity index (χ1) is 9.32. The molecule has 1 heterocycles. The zero-order valence-corrected chi connectivity index (χ0v) is 12.5. The number of amides is 2. The van der Waals surface area contributed by atoms with E-state index in [0.29, 0.717) is 18.0 Å². The minimum atomic E-state index is -0.580. The van der Waals surface area contributed by atoms with E-state index >= 15 is 0 Å². The van der Waals surface area contributed by atoms with E-state index in [4.69, 9.17) is 0 Å². The van der Waals surface area contributed by atoms with Gasteiger partial charge in [-0.25, -0.2) is 0 Å². The minimum Gasteiger partial charge on any atom is -0.352 e. The van der Waals surface area contributed by atoms with E-state index < -0.39 is 5.41 Å². The Balaban J connectivity index is 2.14. The van der Waals surface area contributed by atoms with Gasteiger partial charge in [-0.15, -0.1) is 0 Å². The summed E-state index contributed by atoms with van der Waals surface area (Å²) in [5, 5.41) is 5.76. The molecule has 4 nitrogen and oxygen atoms in total. The summed E-state index contributed by atoms with van der Waals surface area (Å²) in [5.41, 5.74) is 1.72. The van der Waals surface area contributed by atoms with Gasteiger partial charge in [-0.05, 0) is 49.9 Å². The Hall–Kier alpha value is -1.84. The Morgan fingerprint density at radius 1 is 1.35 bits per heavy atom. The van der Waals surface area contributed by atoms with Crippen molar-refractivity contribution in [3.8, 4) is 0 Å². The van der Waals surface area contributed by atoms with Gasteiger partial charge in [0.25, 0.3) is 5.91 Å². The molecule has 0 spiro atoms. The van der Waals surface area contributed by atoms with E-state index in [0.717, 1.165) is 17.7 Å². The third-order valence-electron chi connectivity index (χ3n) is 3.78. The lowest BCUT2D eigenvalue weighted by atomic mass is 9.85. The molecule has 0 fully saturated rings. The van der Waals surface area contributed by atoms with E-state index in [1.54, 1.807) is 12.1 Å². The van der Waals surface area contributed by atoms with Crippen LogP contribution in [0.1, 0.15) is 50.0 Å². The number of nitrogens with one attached hydrogen (secondary N) is 2. The maximum Gasteiger partial charge on any atom is 0.251 e. The van der Waals surface area contributed by atoms with Crippen molar-refractivity contribution in [2.45, 2.75) is 39.5 Å². The van der Waals surface area contributed by atoms with Crippen molar-refractivity contribution in [1.29, 1.82) is 0 Å². The van der Waals surface area contributed by atoms with Gasteiger partial charge >= 0.3 is 0 Å². The third kappa shape index (κ3) is 2.69. The Morgan fingerprint density at radius 3 is 2.70 bits per heavy atom. The quantitative estimate of drug-likeness (QED) is 0.887. The first kappa shape index (κ1) is 14.6. The smallest absolute Gasteiger partial charge is 0.251 e. The second kappa shape index (κ2) is 5.27. The maximum atomic E-state index is 12.1. The molecular weight excluding hydrogens is 252 g/mol. The normalized spacial score (nSPS) is 15.9. The average Bonchev–Trinajstić information content (AvgIpc) is 2.59. The van der Waals surface area contributed by atoms with E-state index in [9.17, 15) is 9.59 Å². The summed E-state index contributed by atoms with van der Waals surface area (Å²) in [6.07, 6.45) is 0.961. The Labute approximate surface area is 119 Å². The van der Waals surface area contributed by atoms with Crippen LogP contribution in [0.3, 0.4) is 0 Å². The second-order valence-corrected chi connectivity index (χ2v) is 6.28. The topological polar surface area (TPSA) is 58.2 Å². The van der Waals surface area contributed by atoms with E-state index in [2.05, 4.69) is 24.5 Å². The van der Waals surface area contributed by atoms with Gasteiger partial charge in [0.1, 0.15) is 0 Å². The van der Waals surface area contributed by atoms with Crippen molar-refractivity contribution in [2.75, 3.05) is 11.9 Å². The number of benzene rings is 1. The first-order valence-electron chi connectivity index (χ1n) is 7.06. The van der Waals surface area contributed by atoms with Crippen LogP contribution in [0.25, 0.3) is 0 Å². The molecular formula is C16H22N2O2. The van der Waals surface area contributed by atoms with Gasteiger partial charge in [-0.2, -0.15) is 0 Å². The summed E-state index contributed by atoms with van der Waals surface area (Å²) in [6.45, 7) is 8.67. The average molecular weight is 274 g/mol. The SMILES string of the molecule is CC(C)CCNC(=O)c1ccc2c(c1)C(C)(C)C(=O)N2. The molecule has 0 atom stereocenters. The fourth-order valence-corrected chi connectivity index (χ4v) is 2.29. The molecule has 0 saturated heterocycles. The Bertz CT molecular complexity index is 547. The summed E-state index contributed by atoms with van der Waals surface area (Å²) in [4.78, 5) is 24.0. The predicted molar refractivity (Wildman–Crippen MR) is 79.9 cm³/mol. The Kier molecular flexibility index (Phi) is 3.84. The molecule has 0 aliphatic carbocycles. The number of hydrogen-bond donors (Lipinski definition) is 2. The summed E-state index contributed by atoms with van der Waals surface area (Å²) in [5.74, 6) is 0.463. The molecule has 1 aromatic carbocycles. The lowest BCUT2D eigenvalue weighted by Crippen LogP contribution is -2.28. The minimum absolute atomic E-state index is 0.0233. The number of carbonyl (C=O) groups is 2. The Morgan fingerprint density at radius 2 is 2.05 bits per heavy atom. The second-order valence-electron chi connectivity index (χ2n) is 6.28. The molecule has 108 valence electrons. The molecule has 2 rings (SSSR count). The molecule has 0 aromatic heterocycles. The third-order valence-corrected chi connectivity index (χ3v) is 3.78. The lowest BCUT2D eigenvalue weighted by molar-refractivity contribution is -0.119. The zero-order chi connectivity index (χ0) is 14.9. The van der Waals surface area contributed by atoms with Gasteiger partial charge in [0, 0.05) is 17.8 Å². The van der Waals surface area contributed by atoms with Crippen LogP contribution in [0.5, 0.6) is 0 Å². The summed E-state index contributed by atoms with van der Waals surface area (Å²) in [6, 6.07) is 5.38. The predicted octanol–water partition coefficient (Wildman–Crippen LogP) is 2.69. The van der Waals surface area contributed by atoms with Crippen molar-refractivity contribution in [3.05, 3.63) is 29.3 Å². The molecule has 2 N–H and O–H groups in total. The standard InChI is InChI=1S/C16H22N2O2/c1-10(2)7-8-17-14(19)11-5-6-13-12(9-11)16(3,4)15(20)18-13/h5-6,9-10H,7-8H2,1-4H3,(H,17,19)(H,18,20). The number of hydrogen-bond acceptors (Lipinski definition) is 2. The molecule has 0 saturated carbocycles. The summed E-state index contributed by atoms with van der Waals surface area (Å²) in [7, 11) is 0. The van der Waals surface area contributed by atoms with Gasteiger partial charge < -0.3 is 10.6 Å². The summed E-state index contributed by atoms with van der Waals surface area (Å²) < 4.78 is 0. The van der Waals surface area contributed by atoms with Gasteiger partial charge in [0.2, 0.25) is 5.91 Å². The van der Waals surface area contributed by atoms with Crippen LogP contribution in [0.2, 0.25) is 0 Å². The zero-order valence-electron chi connectivity index (χ0n) is 12.5. The van der Waals surface area contributed by atoms with Crippen molar-refractivity contribution in [2.24, 2.45) is 5.92 Å². The molecule has 20 heavy (non-hydrogen) atoms. The van der Waals surface area contributed by atoms with Crippen LogP contribution in [0.4, 0.5) is 5.69 Å². The van der Waals surface area contributed by atoms with Gasteiger partial charge in [0.05, 0.1) is 5.41 Å². The van der Waals surface area contributed by atoms with E-state index in [-0.39, 0.29) is 11.8 Å².